The first-order chi connectivity index (χ1) is 25.7. The van der Waals surface area contributed by atoms with Gasteiger partial charge in [0.15, 0.2) is 0 Å². The third-order valence-corrected chi connectivity index (χ3v) is 11.9. The molecule has 0 heteroatoms. The Morgan fingerprint density at radius 2 is 0.868 bits per heavy atom. The van der Waals surface area contributed by atoms with E-state index in [1.807, 2.05) is 0 Å². The molecule has 0 heterocycles. The summed E-state index contributed by atoms with van der Waals surface area (Å²) in [7, 11) is 0. The SMILES string of the molecule is CC(C)(C)c1c2ccccc2c(-c2cccc3ccccc23)c2ccc(-c3ccc4c(c3)C(C)(C)c3cc(-c5ccc6ccccc6c5)ccc3-4)cc12. The Bertz CT molecular complexity index is 2940. The Labute approximate surface area is 312 Å². The van der Waals surface area contributed by atoms with Crippen molar-refractivity contribution >= 4 is 43.1 Å². The van der Waals surface area contributed by atoms with Gasteiger partial charge in [0.2, 0.25) is 0 Å². The van der Waals surface area contributed by atoms with Crippen LogP contribution in [0.4, 0.5) is 0 Å². The summed E-state index contributed by atoms with van der Waals surface area (Å²) in [4.78, 5) is 0. The summed E-state index contributed by atoms with van der Waals surface area (Å²) < 4.78 is 0. The molecule has 254 valence electrons. The average Bonchev–Trinajstić information content (AvgIpc) is 3.40. The number of benzene rings is 9. The quantitative estimate of drug-likeness (QED) is 0.163. The van der Waals surface area contributed by atoms with E-state index in [1.54, 1.807) is 0 Å². The van der Waals surface area contributed by atoms with E-state index in [2.05, 4.69) is 198 Å². The molecule has 53 heavy (non-hydrogen) atoms. The van der Waals surface area contributed by atoms with Crippen LogP contribution in [0.5, 0.6) is 0 Å². The van der Waals surface area contributed by atoms with E-state index in [1.165, 1.54) is 104 Å². The van der Waals surface area contributed by atoms with Gasteiger partial charge >= 0.3 is 0 Å². The van der Waals surface area contributed by atoms with E-state index < -0.39 is 0 Å². The molecule has 0 bridgehead atoms. The number of hydrogen-bond donors (Lipinski definition) is 0. The van der Waals surface area contributed by atoms with E-state index in [-0.39, 0.29) is 10.8 Å². The van der Waals surface area contributed by atoms with Crippen LogP contribution in [0.15, 0.2) is 164 Å². The van der Waals surface area contributed by atoms with Gasteiger partial charge in [-0.05, 0) is 134 Å². The topological polar surface area (TPSA) is 0 Å². The van der Waals surface area contributed by atoms with Gasteiger partial charge in [0.05, 0.1) is 0 Å². The molecule has 10 rings (SSSR count). The molecule has 1 aliphatic carbocycles. The normalized spacial score (nSPS) is 13.5. The fraction of sp³-hybridized carbons (Fsp3) is 0.132. The van der Waals surface area contributed by atoms with Crippen LogP contribution in [0.3, 0.4) is 0 Å². The van der Waals surface area contributed by atoms with Gasteiger partial charge in [0.1, 0.15) is 0 Å². The standard InChI is InChI=1S/C53H42/c1-52(2,3)51-46-19-11-10-18-44(46)50(43-20-12-16-34-14-8-9-17-40(34)43)45-28-25-37(30-47(45)51)39-24-27-42-41-26-23-38(31-48(41)53(4,5)49(42)32-39)36-22-21-33-13-6-7-15-35(33)29-36/h6-32H,1-5H3. The molecule has 0 radical (unpaired) electrons. The molecule has 0 nitrogen and oxygen atoms in total. The van der Waals surface area contributed by atoms with Crippen LogP contribution in [0.2, 0.25) is 0 Å². The maximum Gasteiger partial charge on any atom is 0.0159 e. The first-order valence-corrected chi connectivity index (χ1v) is 18.9. The molecule has 9 aromatic carbocycles. The predicted molar refractivity (Wildman–Crippen MR) is 229 cm³/mol. The van der Waals surface area contributed by atoms with Crippen molar-refractivity contribution in [2.75, 3.05) is 0 Å². The van der Waals surface area contributed by atoms with Crippen molar-refractivity contribution in [2.45, 2.75) is 45.4 Å². The molecule has 0 atom stereocenters. The van der Waals surface area contributed by atoms with E-state index >= 15 is 0 Å². The van der Waals surface area contributed by atoms with E-state index in [9.17, 15) is 0 Å². The maximum absolute atomic E-state index is 2.48. The number of fused-ring (bicyclic) bond motifs is 7. The largest absolute Gasteiger partial charge is 0.0616 e. The summed E-state index contributed by atoms with van der Waals surface area (Å²) in [5.74, 6) is 0. The second kappa shape index (κ2) is 11.5. The van der Waals surface area contributed by atoms with Gasteiger partial charge in [-0.25, -0.2) is 0 Å². The molecule has 0 saturated heterocycles. The molecule has 0 fully saturated rings. The molecular weight excluding hydrogens is 637 g/mol. The molecule has 0 amide bonds. The lowest BCUT2D eigenvalue weighted by Gasteiger charge is -2.27. The zero-order valence-electron chi connectivity index (χ0n) is 31.1. The summed E-state index contributed by atoms with van der Waals surface area (Å²) in [6.07, 6.45) is 0. The minimum Gasteiger partial charge on any atom is -0.0616 e. The lowest BCUT2D eigenvalue weighted by atomic mass is 9.77. The second-order valence-electron chi connectivity index (χ2n) is 16.5. The zero-order chi connectivity index (χ0) is 36.1. The van der Waals surface area contributed by atoms with Gasteiger partial charge in [0.25, 0.3) is 0 Å². The van der Waals surface area contributed by atoms with Crippen LogP contribution in [0.1, 0.15) is 51.3 Å². The zero-order valence-corrected chi connectivity index (χ0v) is 31.1. The first kappa shape index (κ1) is 31.7. The maximum atomic E-state index is 2.48. The van der Waals surface area contributed by atoms with Crippen LogP contribution in [0.25, 0.3) is 87.6 Å². The van der Waals surface area contributed by atoms with Crippen molar-refractivity contribution in [3.8, 4) is 44.5 Å². The van der Waals surface area contributed by atoms with Crippen molar-refractivity contribution < 1.29 is 0 Å². The van der Waals surface area contributed by atoms with Gasteiger partial charge in [-0.3, -0.25) is 0 Å². The Morgan fingerprint density at radius 1 is 0.358 bits per heavy atom. The first-order valence-electron chi connectivity index (χ1n) is 18.9. The summed E-state index contributed by atoms with van der Waals surface area (Å²) in [6.45, 7) is 11.9. The van der Waals surface area contributed by atoms with Gasteiger partial charge < -0.3 is 0 Å². The summed E-state index contributed by atoms with van der Waals surface area (Å²) in [5.41, 5.74) is 14.4. The van der Waals surface area contributed by atoms with Crippen LogP contribution in [-0.4, -0.2) is 0 Å². The van der Waals surface area contributed by atoms with Gasteiger partial charge in [-0.2, -0.15) is 0 Å². The van der Waals surface area contributed by atoms with E-state index in [0.717, 1.165) is 0 Å². The molecule has 0 aliphatic heterocycles. The van der Waals surface area contributed by atoms with Crippen molar-refractivity contribution in [3.05, 3.63) is 180 Å². The van der Waals surface area contributed by atoms with Crippen molar-refractivity contribution in [1.82, 2.24) is 0 Å². The van der Waals surface area contributed by atoms with Crippen LogP contribution in [0, 0.1) is 0 Å². The smallest absolute Gasteiger partial charge is 0.0159 e. The van der Waals surface area contributed by atoms with E-state index in [4.69, 9.17) is 0 Å². The van der Waals surface area contributed by atoms with Crippen molar-refractivity contribution in [3.63, 3.8) is 0 Å². The number of hydrogen-bond acceptors (Lipinski definition) is 0. The second-order valence-corrected chi connectivity index (χ2v) is 16.5. The molecule has 9 aromatic rings. The lowest BCUT2D eigenvalue weighted by molar-refractivity contribution is 0.601. The minimum atomic E-state index is -0.126. The Balaban J connectivity index is 1.14. The molecule has 0 aromatic heterocycles. The van der Waals surface area contributed by atoms with Gasteiger partial charge in [-0.15, -0.1) is 0 Å². The molecule has 0 N–H and O–H groups in total. The highest BCUT2D eigenvalue weighted by Gasteiger charge is 2.36. The highest BCUT2D eigenvalue weighted by Crippen LogP contribution is 2.51. The van der Waals surface area contributed by atoms with Crippen LogP contribution >= 0.6 is 0 Å². The molecule has 0 saturated carbocycles. The van der Waals surface area contributed by atoms with Gasteiger partial charge in [0, 0.05) is 5.41 Å². The van der Waals surface area contributed by atoms with Crippen LogP contribution < -0.4 is 0 Å². The summed E-state index contributed by atoms with van der Waals surface area (Å²) >= 11 is 0. The monoisotopic (exact) mass is 678 g/mol. The molecule has 0 unspecified atom stereocenters. The van der Waals surface area contributed by atoms with Crippen LogP contribution in [-0.2, 0) is 10.8 Å². The molecule has 1 aliphatic rings. The highest BCUT2D eigenvalue weighted by atomic mass is 14.4. The fourth-order valence-electron chi connectivity index (χ4n) is 9.37. The summed E-state index contributed by atoms with van der Waals surface area (Å²) in [6, 6.07) is 61.5. The average molecular weight is 679 g/mol. The van der Waals surface area contributed by atoms with Gasteiger partial charge in [-0.1, -0.05) is 174 Å². The fourth-order valence-corrected chi connectivity index (χ4v) is 9.37. The van der Waals surface area contributed by atoms with Crippen molar-refractivity contribution in [2.24, 2.45) is 0 Å². The Kier molecular flexibility index (Phi) is 6.89. The minimum absolute atomic E-state index is 0.0575. The predicted octanol–water partition coefficient (Wildman–Crippen LogP) is 14.9. The van der Waals surface area contributed by atoms with Crippen molar-refractivity contribution in [1.29, 1.82) is 0 Å². The third kappa shape index (κ3) is 4.89. The number of rotatable bonds is 3. The summed E-state index contributed by atoms with van der Waals surface area (Å²) in [5, 5.41) is 10.4. The Morgan fingerprint density at radius 3 is 1.57 bits per heavy atom. The molecule has 0 spiro atoms. The Hall–Kier alpha value is -5.98. The highest BCUT2D eigenvalue weighted by molar-refractivity contribution is 6.19. The lowest BCUT2D eigenvalue weighted by Crippen LogP contribution is -2.15. The third-order valence-electron chi connectivity index (χ3n) is 11.9. The van der Waals surface area contributed by atoms with E-state index in [0.29, 0.717) is 0 Å². The molecular formula is C53H42.